The summed E-state index contributed by atoms with van der Waals surface area (Å²) in [5, 5.41) is 2.90. The number of rotatable bonds is 7. The van der Waals surface area contributed by atoms with E-state index in [4.69, 9.17) is 15.2 Å². The zero-order chi connectivity index (χ0) is 15.9. The van der Waals surface area contributed by atoms with Gasteiger partial charge in [-0.25, -0.2) is 0 Å². The third-order valence-corrected chi connectivity index (χ3v) is 3.85. The highest BCUT2D eigenvalue weighted by atomic mass is 16.5. The summed E-state index contributed by atoms with van der Waals surface area (Å²) in [7, 11) is 1.60. The summed E-state index contributed by atoms with van der Waals surface area (Å²) in [4.78, 5) is 23.7. The Balaban J connectivity index is 1.97. The van der Waals surface area contributed by atoms with Crippen molar-refractivity contribution in [3.63, 3.8) is 0 Å². The molecule has 1 aliphatic rings. The quantitative estimate of drug-likeness (QED) is 0.738. The second kappa shape index (κ2) is 7.79. The molecular formula is C16H22N2O4. The van der Waals surface area contributed by atoms with Crippen LogP contribution in [0.5, 0.6) is 5.75 Å². The van der Waals surface area contributed by atoms with Gasteiger partial charge in [0.05, 0.1) is 12.5 Å². The van der Waals surface area contributed by atoms with Gasteiger partial charge in [-0.2, -0.15) is 0 Å². The second-order valence-corrected chi connectivity index (χ2v) is 5.39. The first-order valence-electron chi connectivity index (χ1n) is 7.44. The molecule has 1 fully saturated rings. The van der Waals surface area contributed by atoms with E-state index in [0.717, 1.165) is 19.3 Å². The molecule has 0 heterocycles. The van der Waals surface area contributed by atoms with Crippen molar-refractivity contribution in [2.45, 2.75) is 25.3 Å². The minimum absolute atomic E-state index is 0.178. The third-order valence-electron chi connectivity index (χ3n) is 3.85. The molecule has 22 heavy (non-hydrogen) atoms. The summed E-state index contributed by atoms with van der Waals surface area (Å²) in [6.07, 6.45) is 2.42. The number of hydrogen-bond donors (Lipinski definition) is 2. The van der Waals surface area contributed by atoms with Crippen LogP contribution >= 0.6 is 0 Å². The van der Waals surface area contributed by atoms with Crippen molar-refractivity contribution in [2.24, 2.45) is 11.7 Å². The Morgan fingerprint density at radius 2 is 2.14 bits per heavy atom. The molecule has 1 aromatic rings. The van der Waals surface area contributed by atoms with E-state index in [1.54, 1.807) is 31.4 Å². The van der Waals surface area contributed by atoms with Crippen LogP contribution in [0.3, 0.4) is 0 Å². The number of hydrogen-bond acceptors (Lipinski definition) is 4. The van der Waals surface area contributed by atoms with Gasteiger partial charge in [-0.3, -0.25) is 9.59 Å². The standard InChI is InChI=1S/C16H22N2O4/c1-21-8-9-22-12-5-2-4-11(10-12)16(20)18-14-7-3-6-13(14)15(17)19/h2,4-5,10,13-14H,3,6-9H2,1H3,(H2,17,19)(H,18,20)/t13-,14+/m0/s1. The maximum Gasteiger partial charge on any atom is 0.251 e. The summed E-state index contributed by atoms with van der Waals surface area (Å²) in [6.45, 7) is 0.909. The van der Waals surface area contributed by atoms with Gasteiger partial charge >= 0.3 is 0 Å². The number of primary amides is 1. The van der Waals surface area contributed by atoms with Crippen molar-refractivity contribution >= 4 is 11.8 Å². The van der Waals surface area contributed by atoms with Gasteiger partial charge in [-0.1, -0.05) is 12.5 Å². The Morgan fingerprint density at radius 1 is 1.32 bits per heavy atom. The summed E-state index contributed by atoms with van der Waals surface area (Å²) in [5.41, 5.74) is 5.88. The van der Waals surface area contributed by atoms with E-state index < -0.39 is 0 Å². The van der Waals surface area contributed by atoms with Crippen LogP contribution in [0.4, 0.5) is 0 Å². The smallest absolute Gasteiger partial charge is 0.251 e. The number of carbonyl (C=O) groups is 2. The molecule has 2 rings (SSSR count). The molecule has 6 heteroatoms. The summed E-state index contributed by atoms with van der Waals surface area (Å²) in [5.74, 6) is -0.220. The van der Waals surface area contributed by atoms with Crippen LogP contribution < -0.4 is 15.8 Å². The van der Waals surface area contributed by atoms with Crippen molar-refractivity contribution in [1.82, 2.24) is 5.32 Å². The molecule has 0 radical (unpaired) electrons. The van der Waals surface area contributed by atoms with Crippen molar-refractivity contribution in [3.8, 4) is 5.75 Å². The first kappa shape index (κ1) is 16.3. The predicted octanol–water partition coefficient (Wildman–Crippen LogP) is 1.10. The van der Waals surface area contributed by atoms with Gasteiger partial charge < -0.3 is 20.5 Å². The van der Waals surface area contributed by atoms with E-state index >= 15 is 0 Å². The molecule has 6 nitrogen and oxygen atoms in total. The maximum atomic E-state index is 12.3. The maximum absolute atomic E-state index is 12.3. The molecule has 3 N–H and O–H groups in total. The summed E-state index contributed by atoms with van der Waals surface area (Å²) >= 11 is 0. The zero-order valence-corrected chi connectivity index (χ0v) is 12.7. The van der Waals surface area contributed by atoms with E-state index in [0.29, 0.717) is 24.5 Å². The van der Waals surface area contributed by atoms with Crippen molar-refractivity contribution < 1.29 is 19.1 Å². The molecule has 0 unspecified atom stereocenters. The molecule has 2 atom stereocenters. The van der Waals surface area contributed by atoms with E-state index in [1.807, 2.05) is 0 Å². The molecule has 0 aliphatic heterocycles. The average molecular weight is 306 g/mol. The van der Waals surface area contributed by atoms with Gasteiger partial charge in [-0.05, 0) is 31.0 Å². The summed E-state index contributed by atoms with van der Waals surface area (Å²) < 4.78 is 10.4. The SMILES string of the molecule is COCCOc1cccc(C(=O)N[C@@H]2CCC[C@@H]2C(N)=O)c1. The van der Waals surface area contributed by atoms with Crippen LogP contribution in [0.15, 0.2) is 24.3 Å². The van der Waals surface area contributed by atoms with Gasteiger partial charge in [0.15, 0.2) is 0 Å². The molecule has 0 bridgehead atoms. The van der Waals surface area contributed by atoms with Crippen LogP contribution in [0.25, 0.3) is 0 Å². The Hall–Kier alpha value is -2.08. The lowest BCUT2D eigenvalue weighted by atomic mass is 10.0. The van der Waals surface area contributed by atoms with Crippen molar-refractivity contribution in [1.29, 1.82) is 0 Å². The molecule has 2 amide bonds. The van der Waals surface area contributed by atoms with Crippen LogP contribution in [0, 0.1) is 5.92 Å². The van der Waals surface area contributed by atoms with E-state index in [-0.39, 0.29) is 23.8 Å². The van der Waals surface area contributed by atoms with Crippen LogP contribution in [-0.2, 0) is 9.53 Å². The first-order valence-corrected chi connectivity index (χ1v) is 7.44. The van der Waals surface area contributed by atoms with Gasteiger partial charge in [0.2, 0.25) is 5.91 Å². The van der Waals surface area contributed by atoms with E-state index in [1.165, 1.54) is 0 Å². The number of nitrogens with two attached hydrogens (primary N) is 1. The van der Waals surface area contributed by atoms with Gasteiger partial charge in [0, 0.05) is 18.7 Å². The minimum Gasteiger partial charge on any atom is -0.491 e. The van der Waals surface area contributed by atoms with Crippen molar-refractivity contribution in [3.05, 3.63) is 29.8 Å². The number of nitrogens with one attached hydrogen (secondary N) is 1. The number of ether oxygens (including phenoxy) is 2. The zero-order valence-electron chi connectivity index (χ0n) is 12.7. The van der Waals surface area contributed by atoms with E-state index in [9.17, 15) is 9.59 Å². The Bertz CT molecular complexity index is 533. The average Bonchev–Trinajstić information content (AvgIpc) is 2.96. The number of amides is 2. The Labute approximate surface area is 130 Å². The first-order chi connectivity index (χ1) is 10.6. The highest BCUT2D eigenvalue weighted by molar-refractivity contribution is 5.95. The fourth-order valence-corrected chi connectivity index (χ4v) is 2.70. The predicted molar refractivity (Wildman–Crippen MR) is 81.6 cm³/mol. The molecule has 0 saturated heterocycles. The number of methoxy groups -OCH3 is 1. The van der Waals surface area contributed by atoms with Crippen molar-refractivity contribution in [2.75, 3.05) is 20.3 Å². The summed E-state index contributed by atoms with van der Waals surface area (Å²) in [6, 6.07) is 6.76. The second-order valence-electron chi connectivity index (χ2n) is 5.39. The third kappa shape index (κ3) is 4.21. The van der Waals surface area contributed by atoms with Crippen LogP contribution in [0.2, 0.25) is 0 Å². The molecule has 1 aromatic carbocycles. The molecular weight excluding hydrogens is 284 g/mol. The molecule has 0 spiro atoms. The number of benzene rings is 1. The van der Waals surface area contributed by atoms with E-state index in [2.05, 4.69) is 5.32 Å². The molecule has 1 saturated carbocycles. The van der Waals surface area contributed by atoms with Crippen LogP contribution in [0.1, 0.15) is 29.6 Å². The van der Waals surface area contributed by atoms with Gasteiger partial charge in [0.1, 0.15) is 12.4 Å². The molecule has 1 aliphatic carbocycles. The monoisotopic (exact) mass is 306 g/mol. The fraction of sp³-hybridized carbons (Fsp3) is 0.500. The van der Waals surface area contributed by atoms with Crippen LogP contribution in [-0.4, -0.2) is 38.2 Å². The minimum atomic E-state index is -0.348. The lowest BCUT2D eigenvalue weighted by Gasteiger charge is -2.18. The highest BCUT2D eigenvalue weighted by Crippen LogP contribution is 2.25. The lowest BCUT2D eigenvalue weighted by Crippen LogP contribution is -2.42. The molecule has 120 valence electrons. The lowest BCUT2D eigenvalue weighted by molar-refractivity contribution is -0.122. The Morgan fingerprint density at radius 3 is 2.86 bits per heavy atom. The number of carbonyl (C=O) groups excluding carboxylic acids is 2. The largest absolute Gasteiger partial charge is 0.491 e. The topological polar surface area (TPSA) is 90.7 Å². The van der Waals surface area contributed by atoms with Gasteiger partial charge in [0.25, 0.3) is 5.91 Å². The normalized spacial score (nSPS) is 20.6. The Kier molecular flexibility index (Phi) is 5.77. The highest BCUT2D eigenvalue weighted by Gasteiger charge is 2.32. The molecule has 0 aromatic heterocycles. The van der Waals surface area contributed by atoms with Gasteiger partial charge in [-0.15, -0.1) is 0 Å². The fourth-order valence-electron chi connectivity index (χ4n) is 2.70.